The lowest BCUT2D eigenvalue weighted by molar-refractivity contribution is -0.148. The molecular weight excluding hydrogens is 233 g/mol. The van der Waals surface area contributed by atoms with Gasteiger partial charge < -0.3 is 10.0 Å². The predicted octanol–water partition coefficient (Wildman–Crippen LogP) is 2.86. The van der Waals surface area contributed by atoms with Gasteiger partial charge >= 0.3 is 5.97 Å². The van der Waals surface area contributed by atoms with Crippen LogP contribution in [0.5, 0.6) is 0 Å². The summed E-state index contributed by atoms with van der Waals surface area (Å²) in [5, 5.41) is 9.34. The second kappa shape index (κ2) is 4.26. The van der Waals surface area contributed by atoms with Gasteiger partial charge in [-0.15, -0.1) is 0 Å². The van der Waals surface area contributed by atoms with Crippen molar-refractivity contribution in [2.45, 2.75) is 26.7 Å². The van der Waals surface area contributed by atoms with E-state index in [9.17, 15) is 14.3 Å². The summed E-state index contributed by atoms with van der Waals surface area (Å²) in [5.41, 5.74) is 0.870. The lowest BCUT2D eigenvalue weighted by atomic mass is 9.76. The molecule has 1 aromatic rings. The summed E-state index contributed by atoms with van der Waals surface area (Å²) < 4.78 is 13.4. The highest BCUT2D eigenvalue weighted by Gasteiger charge is 2.43. The fourth-order valence-corrected chi connectivity index (χ4v) is 2.58. The molecule has 0 amide bonds. The molecule has 0 radical (unpaired) electrons. The number of fused-ring (bicyclic) bond motifs is 1. The molecule has 0 bridgehead atoms. The lowest BCUT2D eigenvalue weighted by Crippen LogP contribution is -2.34. The van der Waals surface area contributed by atoms with Crippen molar-refractivity contribution in [2.75, 3.05) is 18.0 Å². The van der Waals surface area contributed by atoms with Gasteiger partial charge in [0.25, 0.3) is 0 Å². The van der Waals surface area contributed by atoms with E-state index in [1.165, 1.54) is 12.1 Å². The van der Waals surface area contributed by atoms with Crippen molar-refractivity contribution in [3.8, 4) is 0 Å². The minimum atomic E-state index is -0.896. The Morgan fingerprint density at radius 1 is 1.56 bits per heavy atom. The molecule has 1 aliphatic rings. The number of rotatable bonds is 3. The van der Waals surface area contributed by atoms with Crippen LogP contribution in [0.15, 0.2) is 18.2 Å². The summed E-state index contributed by atoms with van der Waals surface area (Å²) in [7, 11) is 0. The van der Waals surface area contributed by atoms with Gasteiger partial charge in [0.05, 0.1) is 5.41 Å². The fraction of sp³-hybridized carbons (Fsp3) is 0.500. The number of likely N-dealkylation sites (N-methyl/N-ethyl adjacent to an activating group) is 1. The molecule has 0 aromatic heterocycles. The maximum Gasteiger partial charge on any atom is 0.309 e. The molecule has 0 fully saturated rings. The van der Waals surface area contributed by atoms with E-state index >= 15 is 0 Å². The van der Waals surface area contributed by atoms with Crippen LogP contribution in [0.1, 0.15) is 32.3 Å². The number of carbonyl (C=O) groups is 1. The molecule has 4 heteroatoms. The summed E-state index contributed by atoms with van der Waals surface area (Å²) >= 11 is 0. The zero-order chi connectivity index (χ0) is 13.5. The zero-order valence-electron chi connectivity index (χ0n) is 10.9. The van der Waals surface area contributed by atoms with Crippen LogP contribution >= 0.6 is 0 Å². The minimum Gasteiger partial charge on any atom is -0.481 e. The Hall–Kier alpha value is -1.58. The van der Waals surface area contributed by atoms with Crippen LogP contribution in [-0.4, -0.2) is 24.2 Å². The van der Waals surface area contributed by atoms with E-state index in [1.807, 2.05) is 6.92 Å². The number of hydrogen-bond donors (Lipinski definition) is 1. The SMILES string of the molecule is CCN1CC(C(C)(C)C(=O)O)c2cc(F)ccc21. The van der Waals surface area contributed by atoms with Gasteiger partial charge in [-0.05, 0) is 44.5 Å². The maximum atomic E-state index is 13.4. The van der Waals surface area contributed by atoms with Gasteiger partial charge in [-0.25, -0.2) is 4.39 Å². The summed E-state index contributed by atoms with van der Waals surface area (Å²) in [6.07, 6.45) is 0. The molecule has 0 spiro atoms. The second-order valence-corrected chi connectivity index (χ2v) is 5.32. The van der Waals surface area contributed by atoms with Crippen molar-refractivity contribution in [1.82, 2.24) is 0 Å². The first-order valence-electron chi connectivity index (χ1n) is 6.15. The number of nitrogens with zero attached hydrogens (tertiary/aromatic N) is 1. The highest BCUT2D eigenvalue weighted by molar-refractivity contribution is 5.77. The molecule has 0 saturated heterocycles. The summed E-state index contributed by atoms with van der Waals surface area (Å²) in [6, 6.07) is 4.64. The molecule has 1 aliphatic heterocycles. The van der Waals surface area contributed by atoms with Crippen LogP contribution in [-0.2, 0) is 4.79 Å². The number of aliphatic carboxylic acids is 1. The highest BCUT2D eigenvalue weighted by atomic mass is 19.1. The number of carboxylic acids is 1. The number of carboxylic acid groups (broad SMARTS) is 1. The van der Waals surface area contributed by atoms with Gasteiger partial charge in [-0.2, -0.15) is 0 Å². The van der Waals surface area contributed by atoms with Crippen molar-refractivity contribution in [2.24, 2.45) is 5.41 Å². The van der Waals surface area contributed by atoms with Crippen molar-refractivity contribution in [3.63, 3.8) is 0 Å². The van der Waals surface area contributed by atoms with Gasteiger partial charge in [0.1, 0.15) is 5.82 Å². The van der Waals surface area contributed by atoms with E-state index in [2.05, 4.69) is 4.90 Å². The molecule has 3 nitrogen and oxygen atoms in total. The molecule has 1 aromatic carbocycles. The fourth-order valence-electron chi connectivity index (χ4n) is 2.58. The number of benzene rings is 1. The van der Waals surface area contributed by atoms with Crippen LogP contribution in [0, 0.1) is 11.2 Å². The van der Waals surface area contributed by atoms with Crippen LogP contribution in [0.2, 0.25) is 0 Å². The van der Waals surface area contributed by atoms with E-state index in [0.717, 1.165) is 17.8 Å². The van der Waals surface area contributed by atoms with E-state index in [0.29, 0.717) is 6.54 Å². The Kier molecular flexibility index (Phi) is 3.05. The molecule has 98 valence electrons. The van der Waals surface area contributed by atoms with Gasteiger partial charge in [0, 0.05) is 24.7 Å². The first-order valence-corrected chi connectivity index (χ1v) is 6.15. The summed E-state index contributed by atoms with van der Waals surface area (Å²) in [5.74, 6) is -1.33. The normalized spacial score (nSPS) is 18.9. The molecule has 1 heterocycles. The van der Waals surface area contributed by atoms with Crippen molar-refractivity contribution >= 4 is 11.7 Å². The number of anilines is 1. The number of hydrogen-bond acceptors (Lipinski definition) is 2. The van der Waals surface area contributed by atoms with E-state index in [4.69, 9.17) is 0 Å². The first-order chi connectivity index (χ1) is 8.37. The molecule has 2 rings (SSSR count). The Morgan fingerprint density at radius 3 is 2.78 bits per heavy atom. The first kappa shape index (κ1) is 12.9. The Bertz CT molecular complexity index is 485. The predicted molar refractivity (Wildman–Crippen MR) is 68.4 cm³/mol. The third kappa shape index (κ3) is 1.85. The maximum absolute atomic E-state index is 13.4. The van der Waals surface area contributed by atoms with Crippen LogP contribution in [0.3, 0.4) is 0 Å². The van der Waals surface area contributed by atoms with Gasteiger partial charge in [-0.3, -0.25) is 4.79 Å². The van der Waals surface area contributed by atoms with Crippen molar-refractivity contribution in [3.05, 3.63) is 29.6 Å². The largest absolute Gasteiger partial charge is 0.481 e. The Balaban J connectivity index is 2.49. The van der Waals surface area contributed by atoms with Gasteiger partial charge in [0.15, 0.2) is 0 Å². The quantitative estimate of drug-likeness (QED) is 0.898. The topological polar surface area (TPSA) is 40.5 Å². The smallest absolute Gasteiger partial charge is 0.309 e. The zero-order valence-corrected chi connectivity index (χ0v) is 10.9. The van der Waals surface area contributed by atoms with Crippen LogP contribution in [0.25, 0.3) is 0 Å². The molecule has 1 atom stereocenters. The van der Waals surface area contributed by atoms with Crippen LogP contribution < -0.4 is 4.90 Å². The summed E-state index contributed by atoms with van der Waals surface area (Å²) in [6.45, 7) is 6.85. The number of halogens is 1. The molecule has 18 heavy (non-hydrogen) atoms. The van der Waals surface area contributed by atoms with Crippen LogP contribution in [0.4, 0.5) is 10.1 Å². The average Bonchev–Trinajstić information content (AvgIpc) is 2.67. The van der Waals surface area contributed by atoms with Gasteiger partial charge in [0.2, 0.25) is 0 Å². The average molecular weight is 251 g/mol. The molecule has 0 saturated carbocycles. The van der Waals surface area contributed by atoms with E-state index in [-0.39, 0.29) is 11.7 Å². The third-order valence-corrected chi connectivity index (χ3v) is 3.91. The highest BCUT2D eigenvalue weighted by Crippen LogP contribution is 2.46. The third-order valence-electron chi connectivity index (χ3n) is 3.91. The lowest BCUT2D eigenvalue weighted by Gasteiger charge is -2.27. The molecule has 0 aliphatic carbocycles. The van der Waals surface area contributed by atoms with Crippen molar-refractivity contribution < 1.29 is 14.3 Å². The Labute approximate surface area is 106 Å². The Morgan fingerprint density at radius 2 is 2.22 bits per heavy atom. The van der Waals surface area contributed by atoms with E-state index < -0.39 is 11.4 Å². The molecular formula is C14H18FNO2. The van der Waals surface area contributed by atoms with E-state index in [1.54, 1.807) is 19.9 Å². The van der Waals surface area contributed by atoms with Gasteiger partial charge in [-0.1, -0.05) is 0 Å². The standard InChI is InChI=1S/C14H18FNO2/c1-4-16-8-11(14(2,3)13(17)18)10-7-9(15)5-6-12(10)16/h5-7,11H,4,8H2,1-3H3,(H,17,18). The van der Waals surface area contributed by atoms with Crippen molar-refractivity contribution in [1.29, 1.82) is 0 Å². The second-order valence-electron chi connectivity index (χ2n) is 5.32. The monoisotopic (exact) mass is 251 g/mol. The molecule has 1 unspecified atom stereocenters. The molecule has 1 N–H and O–H groups in total. The summed E-state index contributed by atoms with van der Waals surface area (Å²) in [4.78, 5) is 13.5. The minimum absolute atomic E-state index is 0.180.